The quantitative estimate of drug-likeness (QED) is 0.149. The predicted octanol–water partition coefficient (Wildman–Crippen LogP) is -1.55. The maximum Gasteiger partial charge on any atom is 0.326 e. The molecular weight excluding hydrogens is 466 g/mol. The van der Waals surface area contributed by atoms with Gasteiger partial charge in [-0.2, -0.15) is 11.8 Å². The number of aliphatic carboxylic acids is 1. The van der Waals surface area contributed by atoms with E-state index in [4.69, 9.17) is 11.5 Å². The number of carbonyl (C=O) groups is 5. The molecule has 0 fully saturated rings. The van der Waals surface area contributed by atoms with Gasteiger partial charge in [-0.3, -0.25) is 19.2 Å². The largest absolute Gasteiger partial charge is 0.508 e. The summed E-state index contributed by atoms with van der Waals surface area (Å²) in [4.78, 5) is 59.4. The van der Waals surface area contributed by atoms with E-state index in [0.717, 1.165) is 5.56 Å². The Balaban J connectivity index is 2.63. The van der Waals surface area contributed by atoms with Crippen molar-refractivity contribution in [2.75, 3.05) is 18.6 Å². The topological polar surface area (TPSA) is 214 Å². The number of hydrogen-bond acceptors (Lipinski definition) is 8. The lowest BCUT2D eigenvalue weighted by molar-refractivity contribution is -0.142. The van der Waals surface area contributed by atoms with Gasteiger partial charge in [0.1, 0.15) is 17.8 Å². The summed E-state index contributed by atoms with van der Waals surface area (Å²) in [5.41, 5.74) is 11.6. The standard InChI is InChI=1S/C21H31N5O7S/c1-34-9-8-15(20(31)26-16(21(32)33)6-7-17(23)28)25-18(29)11-24-19(30)14(22)10-12-2-4-13(27)5-3-12/h2-5,14-16,27H,6-11,22H2,1H3,(H2,23,28)(H,24,30)(H,25,29)(H,26,31)(H,32,33). The first-order valence-electron chi connectivity index (χ1n) is 10.4. The Labute approximate surface area is 201 Å². The van der Waals surface area contributed by atoms with Gasteiger partial charge in [0.05, 0.1) is 12.6 Å². The fourth-order valence-corrected chi connectivity index (χ4v) is 3.31. The lowest BCUT2D eigenvalue weighted by atomic mass is 10.1. The minimum atomic E-state index is -1.34. The molecular formula is C21H31N5O7S. The molecule has 0 saturated carbocycles. The van der Waals surface area contributed by atoms with Gasteiger partial charge in [-0.1, -0.05) is 12.1 Å². The highest BCUT2D eigenvalue weighted by molar-refractivity contribution is 7.98. The van der Waals surface area contributed by atoms with Crippen LogP contribution in [0.3, 0.4) is 0 Å². The number of thioether (sulfide) groups is 1. The number of benzene rings is 1. The predicted molar refractivity (Wildman–Crippen MR) is 126 cm³/mol. The number of amides is 4. The number of phenols is 1. The molecule has 0 aliphatic carbocycles. The van der Waals surface area contributed by atoms with Crippen molar-refractivity contribution in [3.05, 3.63) is 29.8 Å². The fourth-order valence-electron chi connectivity index (χ4n) is 2.84. The van der Waals surface area contributed by atoms with Crippen LogP contribution in [0.15, 0.2) is 24.3 Å². The summed E-state index contributed by atoms with van der Waals surface area (Å²) in [5.74, 6) is -3.41. The summed E-state index contributed by atoms with van der Waals surface area (Å²) in [6, 6.07) is 2.86. The van der Waals surface area contributed by atoms with Crippen molar-refractivity contribution in [2.24, 2.45) is 11.5 Å². The van der Waals surface area contributed by atoms with Crippen molar-refractivity contribution in [1.82, 2.24) is 16.0 Å². The zero-order chi connectivity index (χ0) is 25.7. The Hall–Kier alpha value is -3.32. The average molecular weight is 498 g/mol. The van der Waals surface area contributed by atoms with E-state index in [9.17, 15) is 34.2 Å². The second kappa shape index (κ2) is 14.8. The number of hydrogen-bond donors (Lipinski definition) is 7. The monoisotopic (exact) mass is 497 g/mol. The molecule has 34 heavy (non-hydrogen) atoms. The minimum absolute atomic E-state index is 0.0843. The first kappa shape index (κ1) is 28.7. The molecule has 13 heteroatoms. The molecule has 9 N–H and O–H groups in total. The van der Waals surface area contributed by atoms with Crippen LogP contribution >= 0.6 is 11.8 Å². The van der Waals surface area contributed by atoms with E-state index >= 15 is 0 Å². The Morgan fingerprint density at radius 3 is 2.21 bits per heavy atom. The van der Waals surface area contributed by atoms with Gasteiger partial charge in [-0.05, 0) is 49.0 Å². The lowest BCUT2D eigenvalue weighted by Gasteiger charge is -2.21. The smallest absolute Gasteiger partial charge is 0.326 e. The first-order valence-corrected chi connectivity index (χ1v) is 11.8. The van der Waals surface area contributed by atoms with Crippen LogP contribution in [-0.4, -0.2) is 76.5 Å². The summed E-state index contributed by atoms with van der Waals surface area (Å²) >= 11 is 1.43. The van der Waals surface area contributed by atoms with Gasteiger partial charge >= 0.3 is 5.97 Å². The third kappa shape index (κ3) is 11.0. The van der Waals surface area contributed by atoms with Gasteiger partial charge in [0, 0.05) is 6.42 Å². The Morgan fingerprint density at radius 1 is 1.00 bits per heavy atom. The molecule has 3 unspecified atom stereocenters. The molecule has 0 heterocycles. The van der Waals surface area contributed by atoms with E-state index < -0.39 is 54.3 Å². The molecule has 12 nitrogen and oxygen atoms in total. The van der Waals surface area contributed by atoms with Crippen LogP contribution in [0.4, 0.5) is 0 Å². The van der Waals surface area contributed by atoms with Gasteiger partial charge < -0.3 is 37.6 Å². The van der Waals surface area contributed by atoms with Gasteiger partial charge in [0.25, 0.3) is 0 Å². The molecule has 1 rings (SSSR count). The molecule has 1 aromatic rings. The van der Waals surface area contributed by atoms with Crippen LogP contribution in [0.2, 0.25) is 0 Å². The summed E-state index contributed by atoms with van der Waals surface area (Å²) in [5, 5.41) is 25.7. The third-order valence-corrected chi connectivity index (χ3v) is 5.35. The number of nitrogens with two attached hydrogens (primary N) is 2. The van der Waals surface area contributed by atoms with Crippen molar-refractivity contribution < 1.29 is 34.2 Å². The zero-order valence-electron chi connectivity index (χ0n) is 18.8. The van der Waals surface area contributed by atoms with Crippen molar-refractivity contribution in [3.63, 3.8) is 0 Å². The van der Waals surface area contributed by atoms with Crippen molar-refractivity contribution in [1.29, 1.82) is 0 Å². The highest BCUT2D eigenvalue weighted by Crippen LogP contribution is 2.11. The van der Waals surface area contributed by atoms with E-state index in [1.807, 2.05) is 0 Å². The van der Waals surface area contributed by atoms with E-state index in [2.05, 4.69) is 16.0 Å². The molecule has 0 spiro atoms. The van der Waals surface area contributed by atoms with Crippen LogP contribution in [0.5, 0.6) is 5.75 Å². The SMILES string of the molecule is CSCCC(NC(=O)CNC(=O)C(N)Cc1ccc(O)cc1)C(=O)NC(CCC(N)=O)C(=O)O. The van der Waals surface area contributed by atoms with Crippen molar-refractivity contribution in [3.8, 4) is 5.75 Å². The number of rotatable bonds is 15. The van der Waals surface area contributed by atoms with Crippen molar-refractivity contribution in [2.45, 2.75) is 43.8 Å². The number of carboxylic acids is 1. The maximum absolute atomic E-state index is 12.6. The molecule has 0 radical (unpaired) electrons. The Bertz CT molecular complexity index is 866. The van der Waals surface area contributed by atoms with Crippen LogP contribution in [-0.2, 0) is 30.4 Å². The number of carboxylic acid groups (broad SMARTS) is 1. The van der Waals surface area contributed by atoms with Crippen LogP contribution in [0, 0.1) is 0 Å². The van der Waals surface area contributed by atoms with Crippen LogP contribution in [0.1, 0.15) is 24.8 Å². The van der Waals surface area contributed by atoms with Crippen LogP contribution in [0.25, 0.3) is 0 Å². The third-order valence-electron chi connectivity index (χ3n) is 4.71. The Morgan fingerprint density at radius 2 is 1.65 bits per heavy atom. The normalized spacial score (nSPS) is 13.2. The highest BCUT2D eigenvalue weighted by Gasteiger charge is 2.27. The van der Waals surface area contributed by atoms with Gasteiger partial charge in [-0.25, -0.2) is 4.79 Å². The lowest BCUT2D eigenvalue weighted by Crippen LogP contribution is -2.54. The second-order valence-corrected chi connectivity index (χ2v) is 8.49. The molecule has 0 aliphatic rings. The molecule has 0 bridgehead atoms. The van der Waals surface area contributed by atoms with E-state index in [1.165, 1.54) is 23.9 Å². The summed E-state index contributed by atoms with van der Waals surface area (Å²) in [6.07, 6.45) is 1.80. The molecule has 0 aromatic heterocycles. The number of aromatic hydroxyl groups is 1. The van der Waals surface area contributed by atoms with Crippen LogP contribution < -0.4 is 27.4 Å². The summed E-state index contributed by atoms with van der Waals surface area (Å²) in [7, 11) is 0. The van der Waals surface area contributed by atoms with Gasteiger partial charge in [-0.15, -0.1) is 0 Å². The van der Waals surface area contributed by atoms with E-state index in [-0.39, 0.29) is 31.4 Å². The van der Waals surface area contributed by atoms with Gasteiger partial charge in [0.15, 0.2) is 0 Å². The number of phenolic OH excluding ortho intramolecular Hbond substituents is 1. The zero-order valence-corrected chi connectivity index (χ0v) is 19.6. The van der Waals surface area contributed by atoms with E-state index in [1.54, 1.807) is 18.4 Å². The molecule has 0 saturated heterocycles. The molecule has 3 atom stereocenters. The van der Waals surface area contributed by atoms with Gasteiger partial charge in [0.2, 0.25) is 23.6 Å². The summed E-state index contributed by atoms with van der Waals surface area (Å²) in [6.45, 7) is -0.435. The first-order chi connectivity index (χ1) is 16.0. The van der Waals surface area contributed by atoms with Crippen molar-refractivity contribution >= 4 is 41.4 Å². The average Bonchev–Trinajstić information content (AvgIpc) is 2.78. The Kier molecular flexibility index (Phi) is 12.5. The number of primary amides is 1. The number of nitrogens with one attached hydrogen (secondary N) is 3. The summed E-state index contributed by atoms with van der Waals surface area (Å²) < 4.78 is 0. The molecule has 4 amide bonds. The fraction of sp³-hybridized carbons (Fsp3) is 0.476. The molecule has 1 aromatic carbocycles. The highest BCUT2D eigenvalue weighted by atomic mass is 32.2. The second-order valence-electron chi connectivity index (χ2n) is 7.50. The minimum Gasteiger partial charge on any atom is -0.508 e. The van der Waals surface area contributed by atoms with E-state index in [0.29, 0.717) is 5.75 Å². The molecule has 0 aliphatic heterocycles. The maximum atomic E-state index is 12.6. The molecule has 188 valence electrons. The number of carbonyl (C=O) groups excluding carboxylic acids is 4.